The molecule has 0 heterocycles. The van der Waals surface area contributed by atoms with Gasteiger partial charge in [0.25, 0.3) is 5.97 Å². The van der Waals surface area contributed by atoms with E-state index in [0.29, 0.717) is 0 Å². The van der Waals surface area contributed by atoms with Crippen LogP contribution in [0.5, 0.6) is 0 Å². The van der Waals surface area contributed by atoms with Crippen LogP contribution in [0.25, 0.3) is 0 Å². The van der Waals surface area contributed by atoms with Crippen molar-refractivity contribution in [2.45, 2.75) is 117 Å². The van der Waals surface area contributed by atoms with Crippen LogP contribution in [0.2, 0.25) is 0 Å². The molecule has 0 bridgehead atoms. The fraction of sp³-hybridized carbons (Fsp3) is 1.00. The Morgan fingerprint density at radius 3 is 1.44 bits per heavy atom. The first-order valence-electron chi connectivity index (χ1n) is 9.95. The molecule has 0 aromatic heterocycles. The summed E-state index contributed by atoms with van der Waals surface area (Å²) < 4.78 is 17.3. The molecule has 0 aliphatic heterocycles. The average molecular weight is 360 g/mol. The summed E-state index contributed by atoms with van der Waals surface area (Å²) in [6.07, 6.45) is 8.61. The van der Waals surface area contributed by atoms with Gasteiger partial charge in [0.15, 0.2) is 0 Å². The van der Waals surface area contributed by atoms with Crippen molar-refractivity contribution in [1.29, 1.82) is 0 Å². The van der Waals surface area contributed by atoms with Gasteiger partial charge in [-0.1, -0.05) is 45.4 Å². The Kier molecular flexibility index (Phi) is 10.8. The molecule has 0 fully saturated rings. The summed E-state index contributed by atoms with van der Waals surface area (Å²) in [5.41, 5.74) is -0.0715. The maximum Gasteiger partial charge on any atom is 0.298 e. The van der Waals surface area contributed by atoms with Crippen molar-refractivity contribution in [1.82, 2.24) is 4.90 Å². The second kappa shape index (κ2) is 10.9. The van der Waals surface area contributed by atoms with Crippen LogP contribution in [-0.2, 0) is 14.2 Å². The Hall–Kier alpha value is -0.160. The minimum atomic E-state index is -1.05. The molecule has 0 spiro atoms. The van der Waals surface area contributed by atoms with Crippen molar-refractivity contribution in [3.8, 4) is 0 Å². The molecular formula is C21H45NO3. The van der Waals surface area contributed by atoms with Crippen LogP contribution in [0.4, 0.5) is 0 Å². The van der Waals surface area contributed by atoms with Gasteiger partial charge in [0.1, 0.15) is 0 Å². The number of hydrogen-bond donors (Lipinski definition) is 0. The van der Waals surface area contributed by atoms with Crippen LogP contribution in [0.1, 0.15) is 93.4 Å². The van der Waals surface area contributed by atoms with Crippen molar-refractivity contribution < 1.29 is 14.2 Å². The third kappa shape index (κ3) is 7.54. The largest absolute Gasteiger partial charge is 0.330 e. The molecule has 0 aromatic carbocycles. The van der Waals surface area contributed by atoms with Crippen LogP contribution in [0.3, 0.4) is 0 Å². The lowest BCUT2D eigenvalue weighted by molar-refractivity contribution is -0.386. The predicted octanol–water partition coefficient (Wildman–Crippen LogP) is 5.60. The number of rotatable bonds is 12. The molecule has 0 aliphatic carbocycles. The van der Waals surface area contributed by atoms with Crippen molar-refractivity contribution in [2.75, 3.05) is 21.3 Å². The highest BCUT2D eigenvalue weighted by Crippen LogP contribution is 2.37. The lowest BCUT2D eigenvalue weighted by Gasteiger charge is -2.54. The highest BCUT2D eigenvalue weighted by atomic mass is 16.9. The lowest BCUT2D eigenvalue weighted by atomic mass is 9.89. The van der Waals surface area contributed by atoms with Gasteiger partial charge in [0.2, 0.25) is 0 Å². The Morgan fingerprint density at radius 1 is 0.680 bits per heavy atom. The summed E-state index contributed by atoms with van der Waals surface area (Å²) in [6.45, 7) is 15.7. The van der Waals surface area contributed by atoms with E-state index in [0.717, 1.165) is 12.8 Å². The molecule has 0 rings (SSSR count). The molecular weight excluding hydrogens is 314 g/mol. The van der Waals surface area contributed by atoms with Gasteiger partial charge >= 0.3 is 0 Å². The summed E-state index contributed by atoms with van der Waals surface area (Å²) >= 11 is 0. The second-order valence-corrected chi connectivity index (χ2v) is 9.00. The number of methoxy groups -OCH3 is 3. The zero-order valence-corrected chi connectivity index (χ0v) is 18.7. The first-order valence-corrected chi connectivity index (χ1v) is 9.95. The highest BCUT2D eigenvalue weighted by molar-refractivity contribution is 4.95. The van der Waals surface area contributed by atoms with Crippen LogP contribution in [-0.4, -0.2) is 49.3 Å². The molecule has 0 amide bonds. The fourth-order valence-electron chi connectivity index (χ4n) is 4.18. The number of unbranched alkanes of at least 4 members (excludes halogenated alkanes) is 5. The normalized spacial score (nSPS) is 15.0. The third-order valence-electron chi connectivity index (χ3n) is 4.85. The SMILES string of the molecule is CCCCCCCCC(N(C(C)(C)C)C(C)(C)C)C(OC)(OC)OC. The van der Waals surface area contributed by atoms with Crippen molar-refractivity contribution in [3.05, 3.63) is 0 Å². The molecule has 4 heteroatoms. The molecule has 0 N–H and O–H groups in total. The first kappa shape index (κ1) is 24.8. The Balaban J connectivity index is 5.44. The zero-order chi connectivity index (χ0) is 19.7. The zero-order valence-electron chi connectivity index (χ0n) is 18.7. The maximum absolute atomic E-state index is 5.78. The molecule has 0 aromatic rings. The average Bonchev–Trinajstić information content (AvgIpc) is 2.49. The molecule has 25 heavy (non-hydrogen) atoms. The van der Waals surface area contributed by atoms with Crippen molar-refractivity contribution >= 4 is 0 Å². The maximum atomic E-state index is 5.78. The summed E-state index contributed by atoms with van der Waals surface area (Å²) in [5.74, 6) is -1.05. The van der Waals surface area contributed by atoms with Gasteiger partial charge in [0, 0.05) is 32.4 Å². The Morgan fingerprint density at radius 2 is 1.08 bits per heavy atom. The van der Waals surface area contributed by atoms with E-state index in [-0.39, 0.29) is 17.1 Å². The molecule has 0 aliphatic rings. The molecule has 0 saturated carbocycles. The molecule has 0 saturated heterocycles. The van der Waals surface area contributed by atoms with E-state index in [4.69, 9.17) is 14.2 Å². The van der Waals surface area contributed by atoms with Gasteiger partial charge in [-0.15, -0.1) is 0 Å². The Bertz CT molecular complexity index is 318. The lowest BCUT2D eigenvalue weighted by Crippen LogP contribution is -2.66. The topological polar surface area (TPSA) is 30.9 Å². The molecule has 0 radical (unpaired) electrons. The summed E-state index contributed by atoms with van der Waals surface area (Å²) in [7, 11) is 5.01. The third-order valence-corrected chi connectivity index (χ3v) is 4.85. The van der Waals surface area contributed by atoms with Crippen LogP contribution in [0.15, 0.2) is 0 Å². The number of ether oxygens (including phenoxy) is 3. The van der Waals surface area contributed by atoms with Gasteiger partial charge in [-0.2, -0.15) is 0 Å². The number of nitrogens with zero attached hydrogens (tertiary/aromatic N) is 1. The number of hydrogen-bond acceptors (Lipinski definition) is 4. The molecule has 4 nitrogen and oxygen atoms in total. The first-order chi connectivity index (χ1) is 11.5. The van der Waals surface area contributed by atoms with E-state index in [2.05, 4.69) is 53.4 Å². The van der Waals surface area contributed by atoms with Crippen molar-refractivity contribution in [2.24, 2.45) is 0 Å². The van der Waals surface area contributed by atoms with E-state index < -0.39 is 5.97 Å². The summed E-state index contributed by atoms with van der Waals surface area (Å²) in [5, 5.41) is 0. The van der Waals surface area contributed by atoms with Gasteiger partial charge in [-0.3, -0.25) is 4.90 Å². The van der Waals surface area contributed by atoms with Crippen LogP contribution < -0.4 is 0 Å². The van der Waals surface area contributed by atoms with E-state index in [9.17, 15) is 0 Å². The van der Waals surface area contributed by atoms with E-state index in [1.54, 1.807) is 21.3 Å². The van der Waals surface area contributed by atoms with Crippen LogP contribution in [0, 0.1) is 0 Å². The minimum Gasteiger partial charge on any atom is -0.330 e. The van der Waals surface area contributed by atoms with E-state index in [1.807, 2.05) is 0 Å². The van der Waals surface area contributed by atoms with Gasteiger partial charge < -0.3 is 14.2 Å². The molecule has 1 unspecified atom stereocenters. The fourth-order valence-corrected chi connectivity index (χ4v) is 4.18. The van der Waals surface area contributed by atoms with Crippen LogP contribution >= 0.6 is 0 Å². The summed E-state index contributed by atoms with van der Waals surface area (Å²) in [6, 6.07) is 0.0127. The monoisotopic (exact) mass is 359 g/mol. The molecule has 1 atom stereocenters. The Labute approximate surface area is 157 Å². The minimum absolute atomic E-state index is 0.0127. The van der Waals surface area contributed by atoms with E-state index >= 15 is 0 Å². The van der Waals surface area contributed by atoms with Gasteiger partial charge in [-0.05, 0) is 48.0 Å². The standard InChI is InChI=1S/C21H45NO3/c1-11-12-13-14-15-16-17-18(21(23-8,24-9)25-10)22(19(2,3)4)20(5,6)7/h18H,11-17H2,1-10H3. The van der Waals surface area contributed by atoms with Gasteiger partial charge in [-0.25, -0.2) is 0 Å². The predicted molar refractivity (Wildman–Crippen MR) is 107 cm³/mol. The quantitative estimate of drug-likeness (QED) is 0.335. The highest BCUT2D eigenvalue weighted by Gasteiger charge is 2.49. The van der Waals surface area contributed by atoms with Gasteiger partial charge in [0.05, 0.1) is 6.04 Å². The summed E-state index contributed by atoms with van der Waals surface area (Å²) in [4.78, 5) is 2.49. The molecule has 152 valence electrons. The second-order valence-electron chi connectivity index (χ2n) is 9.00. The van der Waals surface area contributed by atoms with E-state index in [1.165, 1.54) is 32.1 Å². The smallest absolute Gasteiger partial charge is 0.298 e. The van der Waals surface area contributed by atoms with Crippen molar-refractivity contribution in [3.63, 3.8) is 0 Å².